The van der Waals surface area contributed by atoms with Crippen LogP contribution in [0.15, 0.2) is 0 Å². The lowest BCUT2D eigenvalue weighted by atomic mass is 9.66. The lowest BCUT2D eigenvalue weighted by molar-refractivity contribution is -0.163. The molecule has 2 fully saturated rings. The fourth-order valence-electron chi connectivity index (χ4n) is 2.91. The zero-order valence-corrected chi connectivity index (χ0v) is 8.20. The number of ether oxygens (including phenoxy) is 1. The van der Waals surface area contributed by atoms with Crippen molar-refractivity contribution in [3.8, 4) is 0 Å². The molecule has 0 spiro atoms. The number of halogens is 1. The van der Waals surface area contributed by atoms with Crippen molar-refractivity contribution in [2.75, 3.05) is 13.2 Å². The fraction of sp³-hybridized carbons (Fsp3) is 0.900. The van der Waals surface area contributed by atoms with E-state index < -0.39 is 17.6 Å². The van der Waals surface area contributed by atoms with Gasteiger partial charge in [0.15, 0.2) is 0 Å². The predicted octanol–water partition coefficient (Wildman–Crippen LogP) is 1.47. The van der Waals surface area contributed by atoms with E-state index in [9.17, 15) is 9.18 Å². The molecule has 1 heterocycles. The Morgan fingerprint density at radius 2 is 1.93 bits per heavy atom. The Bertz CT molecular complexity index is 236. The minimum atomic E-state index is -1.20. The summed E-state index contributed by atoms with van der Waals surface area (Å²) in [5.41, 5.74) is -1.20. The molecular formula is C10H15FO3. The van der Waals surface area contributed by atoms with Crippen molar-refractivity contribution < 1.29 is 19.0 Å². The van der Waals surface area contributed by atoms with E-state index in [4.69, 9.17) is 9.84 Å². The Kier molecular flexibility index (Phi) is 2.26. The third-order valence-electron chi connectivity index (χ3n) is 3.34. The van der Waals surface area contributed by atoms with Crippen molar-refractivity contribution in [1.29, 1.82) is 0 Å². The lowest BCUT2D eigenvalue weighted by Gasteiger charge is -2.45. The van der Waals surface area contributed by atoms with Crippen LogP contribution >= 0.6 is 0 Å². The molecule has 80 valence electrons. The summed E-state index contributed by atoms with van der Waals surface area (Å²) < 4.78 is 19.1. The smallest absolute Gasteiger partial charge is 0.307 e. The monoisotopic (exact) mass is 202 g/mol. The summed E-state index contributed by atoms with van der Waals surface area (Å²) in [5.74, 6) is -1.48. The lowest BCUT2D eigenvalue weighted by Crippen LogP contribution is -2.49. The highest BCUT2D eigenvalue weighted by molar-refractivity contribution is 5.71. The van der Waals surface area contributed by atoms with E-state index in [1.165, 1.54) is 0 Å². The molecule has 0 aromatic carbocycles. The largest absolute Gasteiger partial charge is 0.481 e. The van der Waals surface area contributed by atoms with Crippen LogP contribution in [-0.2, 0) is 9.53 Å². The van der Waals surface area contributed by atoms with Crippen LogP contribution in [0.1, 0.15) is 19.8 Å². The van der Waals surface area contributed by atoms with Gasteiger partial charge in [0.2, 0.25) is 0 Å². The molecule has 4 heteroatoms. The summed E-state index contributed by atoms with van der Waals surface area (Å²) in [6.45, 7) is 2.36. The molecule has 2 unspecified atom stereocenters. The topological polar surface area (TPSA) is 46.5 Å². The van der Waals surface area contributed by atoms with E-state index in [1.54, 1.807) is 6.92 Å². The maximum Gasteiger partial charge on any atom is 0.307 e. The van der Waals surface area contributed by atoms with Crippen LogP contribution in [0.3, 0.4) is 0 Å². The summed E-state index contributed by atoms with van der Waals surface area (Å²) in [5, 5.41) is 9.04. The summed E-state index contributed by atoms with van der Waals surface area (Å²) in [6.07, 6.45) is 0.640. The van der Waals surface area contributed by atoms with Crippen LogP contribution < -0.4 is 0 Å². The maximum atomic E-state index is 13.8. The molecule has 1 aliphatic carbocycles. The molecule has 14 heavy (non-hydrogen) atoms. The van der Waals surface area contributed by atoms with Gasteiger partial charge in [-0.3, -0.25) is 4.79 Å². The van der Waals surface area contributed by atoms with Crippen molar-refractivity contribution in [1.82, 2.24) is 0 Å². The summed E-state index contributed by atoms with van der Waals surface area (Å²) in [6, 6.07) is 0. The Hall–Kier alpha value is -0.640. The first kappa shape index (κ1) is 9.90. The molecular weight excluding hydrogens is 187 g/mol. The second kappa shape index (κ2) is 3.19. The van der Waals surface area contributed by atoms with E-state index in [1.807, 2.05) is 0 Å². The van der Waals surface area contributed by atoms with Crippen LogP contribution in [0.25, 0.3) is 0 Å². The van der Waals surface area contributed by atoms with Crippen LogP contribution in [0.4, 0.5) is 4.39 Å². The minimum absolute atomic E-state index is 0.144. The van der Waals surface area contributed by atoms with Crippen LogP contribution in [-0.4, -0.2) is 30.0 Å². The number of aliphatic carboxylic acids is 1. The van der Waals surface area contributed by atoms with Gasteiger partial charge in [-0.05, 0) is 31.6 Å². The molecule has 1 N–H and O–H groups in total. The molecule has 0 aromatic heterocycles. The Balaban J connectivity index is 2.19. The number of rotatable bonds is 1. The number of hydrogen-bond acceptors (Lipinski definition) is 2. The Morgan fingerprint density at radius 3 is 2.36 bits per heavy atom. The zero-order valence-electron chi connectivity index (χ0n) is 8.20. The van der Waals surface area contributed by atoms with E-state index in [0.29, 0.717) is 26.1 Å². The quantitative estimate of drug-likeness (QED) is 0.700. The highest BCUT2D eigenvalue weighted by atomic mass is 19.1. The molecule has 2 aliphatic rings. The molecule has 2 bridgehead atoms. The number of fused-ring (bicyclic) bond motifs is 2. The highest BCUT2D eigenvalue weighted by Crippen LogP contribution is 2.45. The Labute approximate surface area is 82.2 Å². The van der Waals surface area contributed by atoms with Gasteiger partial charge in [-0.2, -0.15) is 0 Å². The number of carboxylic acids is 1. The molecule has 2 atom stereocenters. The van der Waals surface area contributed by atoms with Gasteiger partial charge in [-0.1, -0.05) is 0 Å². The van der Waals surface area contributed by atoms with E-state index in [2.05, 4.69) is 0 Å². The van der Waals surface area contributed by atoms with Crippen molar-refractivity contribution in [2.45, 2.75) is 25.4 Å². The summed E-state index contributed by atoms with van der Waals surface area (Å²) >= 11 is 0. The maximum absolute atomic E-state index is 13.8. The van der Waals surface area contributed by atoms with Gasteiger partial charge in [0.05, 0.1) is 19.1 Å². The molecule has 1 aliphatic heterocycles. The number of carbonyl (C=O) groups is 1. The normalized spacial score (nSPS) is 47.4. The second-order valence-corrected chi connectivity index (χ2v) is 4.74. The molecule has 3 nitrogen and oxygen atoms in total. The molecule has 0 amide bonds. The molecule has 2 rings (SSSR count). The molecule has 0 radical (unpaired) electrons. The third kappa shape index (κ3) is 1.63. The SMILES string of the molecule is CC1(F)CC2COCC(C1)C2C(=O)O. The number of alkyl halides is 1. The van der Waals surface area contributed by atoms with E-state index >= 15 is 0 Å². The zero-order chi connectivity index (χ0) is 10.3. The van der Waals surface area contributed by atoms with Gasteiger partial charge in [-0.15, -0.1) is 0 Å². The highest BCUT2D eigenvalue weighted by Gasteiger charge is 2.49. The first-order valence-electron chi connectivity index (χ1n) is 4.99. The van der Waals surface area contributed by atoms with Crippen molar-refractivity contribution >= 4 is 5.97 Å². The van der Waals surface area contributed by atoms with Crippen LogP contribution in [0.5, 0.6) is 0 Å². The predicted molar refractivity (Wildman–Crippen MR) is 47.7 cm³/mol. The van der Waals surface area contributed by atoms with Crippen molar-refractivity contribution in [2.24, 2.45) is 17.8 Å². The minimum Gasteiger partial charge on any atom is -0.481 e. The van der Waals surface area contributed by atoms with E-state index in [0.717, 1.165) is 0 Å². The van der Waals surface area contributed by atoms with Crippen LogP contribution in [0, 0.1) is 17.8 Å². The third-order valence-corrected chi connectivity index (χ3v) is 3.34. The standard InChI is InChI=1S/C10H15FO3/c1-10(11)2-6-4-14-5-7(3-10)8(6)9(12)13/h6-8H,2-5H2,1H3,(H,12,13). The van der Waals surface area contributed by atoms with Gasteiger partial charge in [-0.25, -0.2) is 4.39 Å². The first-order chi connectivity index (χ1) is 6.49. The van der Waals surface area contributed by atoms with Gasteiger partial charge < -0.3 is 9.84 Å². The number of hydrogen-bond donors (Lipinski definition) is 1. The van der Waals surface area contributed by atoms with Crippen molar-refractivity contribution in [3.05, 3.63) is 0 Å². The molecule has 1 saturated carbocycles. The summed E-state index contributed by atoms with van der Waals surface area (Å²) in [7, 11) is 0. The number of carboxylic acid groups (broad SMARTS) is 1. The van der Waals surface area contributed by atoms with Gasteiger partial charge in [0.1, 0.15) is 5.67 Å². The van der Waals surface area contributed by atoms with Gasteiger partial charge >= 0.3 is 5.97 Å². The molecule has 1 saturated heterocycles. The molecule has 0 aromatic rings. The van der Waals surface area contributed by atoms with Crippen molar-refractivity contribution in [3.63, 3.8) is 0 Å². The Morgan fingerprint density at radius 1 is 1.43 bits per heavy atom. The average Bonchev–Trinajstić information content (AvgIpc) is 1.99. The van der Waals surface area contributed by atoms with Gasteiger partial charge in [0.25, 0.3) is 0 Å². The second-order valence-electron chi connectivity index (χ2n) is 4.74. The summed E-state index contributed by atoms with van der Waals surface area (Å²) in [4.78, 5) is 11.0. The van der Waals surface area contributed by atoms with Crippen LogP contribution in [0.2, 0.25) is 0 Å². The fourth-order valence-corrected chi connectivity index (χ4v) is 2.91. The average molecular weight is 202 g/mol. The first-order valence-corrected chi connectivity index (χ1v) is 4.99. The van der Waals surface area contributed by atoms with Gasteiger partial charge in [0, 0.05) is 0 Å². The van der Waals surface area contributed by atoms with E-state index in [-0.39, 0.29) is 11.8 Å².